The van der Waals surface area contributed by atoms with Gasteiger partial charge in [0, 0.05) is 19.0 Å². The Morgan fingerprint density at radius 2 is 2.10 bits per heavy atom. The number of hydrogen-bond acceptors (Lipinski definition) is 4. The molecule has 1 N–H and O–H groups in total. The molecule has 1 saturated heterocycles. The van der Waals surface area contributed by atoms with Crippen LogP contribution in [0.5, 0.6) is 0 Å². The van der Waals surface area contributed by atoms with Gasteiger partial charge in [-0.05, 0) is 24.1 Å². The molecule has 1 aliphatic rings. The van der Waals surface area contributed by atoms with Crippen molar-refractivity contribution in [2.75, 3.05) is 11.9 Å². The van der Waals surface area contributed by atoms with Gasteiger partial charge in [0.1, 0.15) is 11.9 Å². The van der Waals surface area contributed by atoms with Crippen LogP contribution in [-0.2, 0) is 4.74 Å². The molecular weight excluding hydrogens is 264 g/mol. The standard InChI is InChI=1S/C14H13F2N3O/c15-10-2-1-9(7-11(10)16)14-12(3-6-20-14)19-13-8-17-4-5-18-13/h1-2,4-5,7-8,12,14H,3,6H2,(H,18,19). The molecular formula is C14H13F2N3O. The molecule has 3 rings (SSSR count). The van der Waals surface area contributed by atoms with E-state index in [2.05, 4.69) is 15.3 Å². The molecule has 1 aromatic carbocycles. The van der Waals surface area contributed by atoms with Gasteiger partial charge in [0.25, 0.3) is 0 Å². The summed E-state index contributed by atoms with van der Waals surface area (Å²) in [5, 5.41) is 3.21. The maximum Gasteiger partial charge on any atom is 0.159 e. The molecule has 6 heteroatoms. The second-order valence-electron chi connectivity index (χ2n) is 4.60. The summed E-state index contributed by atoms with van der Waals surface area (Å²) in [6.07, 6.45) is 5.22. The van der Waals surface area contributed by atoms with E-state index in [-0.39, 0.29) is 12.1 Å². The van der Waals surface area contributed by atoms with Crippen LogP contribution in [-0.4, -0.2) is 22.6 Å². The van der Waals surface area contributed by atoms with Crippen LogP contribution in [0.4, 0.5) is 14.6 Å². The van der Waals surface area contributed by atoms with Crippen molar-refractivity contribution < 1.29 is 13.5 Å². The van der Waals surface area contributed by atoms with Gasteiger partial charge < -0.3 is 10.1 Å². The van der Waals surface area contributed by atoms with Crippen molar-refractivity contribution in [3.05, 3.63) is 54.0 Å². The van der Waals surface area contributed by atoms with Crippen molar-refractivity contribution in [3.8, 4) is 0 Å². The fourth-order valence-corrected chi connectivity index (χ4v) is 2.32. The van der Waals surface area contributed by atoms with Crippen molar-refractivity contribution in [1.82, 2.24) is 9.97 Å². The molecule has 0 radical (unpaired) electrons. The number of rotatable bonds is 3. The number of hydrogen-bond donors (Lipinski definition) is 1. The molecule has 0 saturated carbocycles. The Morgan fingerprint density at radius 3 is 2.85 bits per heavy atom. The minimum Gasteiger partial charge on any atom is -0.371 e. The Bertz CT molecular complexity index is 594. The maximum absolute atomic E-state index is 13.3. The highest BCUT2D eigenvalue weighted by molar-refractivity contribution is 5.34. The van der Waals surface area contributed by atoms with Crippen molar-refractivity contribution in [2.45, 2.75) is 18.6 Å². The molecule has 2 atom stereocenters. The molecule has 0 spiro atoms. The fraction of sp³-hybridized carbons (Fsp3) is 0.286. The lowest BCUT2D eigenvalue weighted by Gasteiger charge is -2.20. The molecule has 2 heterocycles. The average molecular weight is 277 g/mol. The van der Waals surface area contributed by atoms with E-state index in [4.69, 9.17) is 4.74 Å². The Kier molecular flexibility index (Phi) is 3.56. The van der Waals surface area contributed by atoms with Crippen LogP contribution >= 0.6 is 0 Å². The van der Waals surface area contributed by atoms with E-state index in [1.165, 1.54) is 6.07 Å². The van der Waals surface area contributed by atoms with Crippen molar-refractivity contribution in [1.29, 1.82) is 0 Å². The van der Waals surface area contributed by atoms with Gasteiger partial charge in [-0.15, -0.1) is 0 Å². The SMILES string of the molecule is Fc1ccc(C2OCCC2Nc2cnccn2)cc1F. The van der Waals surface area contributed by atoms with Crippen LogP contribution in [0, 0.1) is 11.6 Å². The van der Waals surface area contributed by atoms with Crippen LogP contribution in [0.15, 0.2) is 36.8 Å². The summed E-state index contributed by atoms with van der Waals surface area (Å²) < 4.78 is 31.9. The van der Waals surface area contributed by atoms with Gasteiger partial charge in [0.15, 0.2) is 11.6 Å². The number of nitrogens with one attached hydrogen (secondary N) is 1. The lowest BCUT2D eigenvalue weighted by molar-refractivity contribution is 0.107. The van der Waals surface area contributed by atoms with Gasteiger partial charge >= 0.3 is 0 Å². The van der Waals surface area contributed by atoms with E-state index in [0.29, 0.717) is 18.0 Å². The predicted molar refractivity (Wildman–Crippen MR) is 69.1 cm³/mol. The number of aromatic nitrogens is 2. The molecule has 0 aliphatic carbocycles. The van der Waals surface area contributed by atoms with Crippen LogP contribution < -0.4 is 5.32 Å². The van der Waals surface area contributed by atoms with E-state index >= 15 is 0 Å². The zero-order valence-electron chi connectivity index (χ0n) is 10.6. The Labute approximate surface area is 114 Å². The third-order valence-electron chi connectivity index (χ3n) is 3.26. The minimum atomic E-state index is -0.865. The van der Waals surface area contributed by atoms with Gasteiger partial charge in [0.2, 0.25) is 0 Å². The van der Waals surface area contributed by atoms with Crippen LogP contribution in [0.3, 0.4) is 0 Å². The quantitative estimate of drug-likeness (QED) is 0.937. The molecule has 20 heavy (non-hydrogen) atoms. The van der Waals surface area contributed by atoms with Crippen LogP contribution in [0.1, 0.15) is 18.1 Å². The third-order valence-corrected chi connectivity index (χ3v) is 3.26. The Hall–Kier alpha value is -2.08. The van der Waals surface area contributed by atoms with Gasteiger partial charge in [-0.25, -0.2) is 13.8 Å². The first-order chi connectivity index (χ1) is 9.74. The lowest BCUT2D eigenvalue weighted by atomic mass is 10.0. The molecule has 1 fully saturated rings. The smallest absolute Gasteiger partial charge is 0.159 e. The van der Waals surface area contributed by atoms with Gasteiger partial charge in [0.05, 0.1) is 12.2 Å². The van der Waals surface area contributed by atoms with E-state index in [9.17, 15) is 8.78 Å². The highest BCUT2D eigenvalue weighted by Crippen LogP contribution is 2.31. The van der Waals surface area contributed by atoms with Crippen LogP contribution in [0.25, 0.3) is 0 Å². The summed E-state index contributed by atoms with van der Waals surface area (Å²) in [5.41, 5.74) is 0.614. The van der Waals surface area contributed by atoms with E-state index in [1.807, 2.05) is 0 Å². The summed E-state index contributed by atoms with van der Waals surface area (Å²) in [7, 11) is 0. The van der Waals surface area contributed by atoms with Gasteiger partial charge in [-0.2, -0.15) is 0 Å². The molecule has 1 aromatic heterocycles. The summed E-state index contributed by atoms with van der Waals surface area (Å²) in [5.74, 6) is -1.09. The van der Waals surface area contributed by atoms with Crippen molar-refractivity contribution in [3.63, 3.8) is 0 Å². The highest BCUT2D eigenvalue weighted by atomic mass is 19.2. The van der Waals surface area contributed by atoms with Crippen molar-refractivity contribution >= 4 is 5.82 Å². The largest absolute Gasteiger partial charge is 0.371 e. The topological polar surface area (TPSA) is 47.0 Å². The number of ether oxygens (including phenoxy) is 1. The molecule has 0 bridgehead atoms. The Balaban J connectivity index is 1.80. The van der Waals surface area contributed by atoms with Crippen molar-refractivity contribution in [2.24, 2.45) is 0 Å². The summed E-state index contributed by atoms with van der Waals surface area (Å²) in [4.78, 5) is 8.11. The van der Waals surface area contributed by atoms with E-state index < -0.39 is 11.6 Å². The maximum atomic E-state index is 13.3. The monoisotopic (exact) mass is 277 g/mol. The van der Waals surface area contributed by atoms with E-state index in [0.717, 1.165) is 12.5 Å². The lowest BCUT2D eigenvalue weighted by Crippen LogP contribution is -2.24. The second-order valence-corrected chi connectivity index (χ2v) is 4.60. The normalized spacial score (nSPS) is 21.9. The van der Waals surface area contributed by atoms with Gasteiger partial charge in [-0.3, -0.25) is 4.98 Å². The predicted octanol–water partition coefficient (Wildman–Crippen LogP) is 2.70. The van der Waals surface area contributed by atoms with Gasteiger partial charge in [-0.1, -0.05) is 6.07 Å². The first-order valence-corrected chi connectivity index (χ1v) is 6.33. The molecule has 1 aliphatic heterocycles. The molecule has 4 nitrogen and oxygen atoms in total. The second kappa shape index (κ2) is 5.50. The van der Waals surface area contributed by atoms with Crippen LogP contribution in [0.2, 0.25) is 0 Å². The first-order valence-electron chi connectivity index (χ1n) is 6.33. The van der Waals surface area contributed by atoms with E-state index in [1.54, 1.807) is 24.7 Å². The summed E-state index contributed by atoms with van der Waals surface area (Å²) in [6.45, 7) is 0.557. The fourth-order valence-electron chi connectivity index (χ4n) is 2.32. The first kappa shape index (κ1) is 12.9. The summed E-state index contributed by atoms with van der Waals surface area (Å²) >= 11 is 0. The number of benzene rings is 1. The minimum absolute atomic E-state index is 0.0449. The zero-order valence-corrected chi connectivity index (χ0v) is 10.6. The molecule has 2 unspecified atom stereocenters. The molecule has 104 valence electrons. The zero-order chi connectivity index (χ0) is 13.9. The number of nitrogens with zero attached hydrogens (tertiary/aromatic N) is 2. The third kappa shape index (κ3) is 2.60. The molecule has 0 amide bonds. The number of anilines is 1. The average Bonchev–Trinajstić information content (AvgIpc) is 2.91. The summed E-state index contributed by atoms with van der Waals surface area (Å²) in [6, 6.07) is 3.79. The highest BCUT2D eigenvalue weighted by Gasteiger charge is 2.30. The number of halogens is 2. The molecule has 2 aromatic rings. The Morgan fingerprint density at radius 1 is 1.20 bits per heavy atom.